The molecule has 1 amide bonds. The van der Waals surface area contributed by atoms with Crippen LogP contribution >= 0.6 is 22.6 Å². The SMILES string of the molecule is Cc1ccc(C(=O)Nc2ccc(S(C)(=O)=O)cc2)cc1I. The molecule has 0 saturated carbocycles. The van der Waals surface area contributed by atoms with Crippen LogP contribution in [0, 0.1) is 10.5 Å². The van der Waals surface area contributed by atoms with Gasteiger partial charge in [-0.05, 0) is 71.5 Å². The number of hydrogen-bond donors (Lipinski definition) is 1. The average molecular weight is 415 g/mol. The molecule has 2 aromatic carbocycles. The summed E-state index contributed by atoms with van der Waals surface area (Å²) in [4.78, 5) is 12.4. The van der Waals surface area contributed by atoms with Gasteiger partial charge in [0.1, 0.15) is 0 Å². The summed E-state index contributed by atoms with van der Waals surface area (Å²) in [5.41, 5.74) is 2.24. The number of carbonyl (C=O) groups excluding carboxylic acids is 1. The van der Waals surface area contributed by atoms with Gasteiger partial charge in [-0.3, -0.25) is 4.79 Å². The van der Waals surface area contributed by atoms with Crippen LogP contribution in [0.25, 0.3) is 0 Å². The number of aryl methyl sites for hydroxylation is 1. The van der Waals surface area contributed by atoms with Crippen LogP contribution in [0.5, 0.6) is 0 Å². The Labute approximate surface area is 137 Å². The Morgan fingerprint density at radius 1 is 1.10 bits per heavy atom. The number of halogens is 1. The summed E-state index contributed by atoms with van der Waals surface area (Å²) >= 11 is 2.18. The van der Waals surface area contributed by atoms with Gasteiger partial charge >= 0.3 is 0 Å². The largest absolute Gasteiger partial charge is 0.322 e. The molecule has 0 spiro atoms. The minimum Gasteiger partial charge on any atom is -0.322 e. The number of rotatable bonds is 3. The molecule has 0 heterocycles. The smallest absolute Gasteiger partial charge is 0.255 e. The quantitative estimate of drug-likeness (QED) is 0.783. The first-order chi connectivity index (χ1) is 9.77. The number of hydrogen-bond acceptors (Lipinski definition) is 3. The Morgan fingerprint density at radius 2 is 1.71 bits per heavy atom. The number of nitrogens with one attached hydrogen (secondary N) is 1. The molecule has 4 nitrogen and oxygen atoms in total. The molecule has 0 unspecified atom stereocenters. The van der Waals surface area contributed by atoms with Gasteiger partial charge in [-0.2, -0.15) is 0 Å². The molecule has 21 heavy (non-hydrogen) atoms. The lowest BCUT2D eigenvalue weighted by Gasteiger charge is -2.07. The normalized spacial score (nSPS) is 11.2. The predicted molar refractivity (Wildman–Crippen MR) is 91.4 cm³/mol. The second-order valence-electron chi connectivity index (χ2n) is 4.71. The molecule has 2 rings (SSSR count). The molecule has 110 valence electrons. The Bertz CT molecular complexity index is 783. The number of anilines is 1. The van der Waals surface area contributed by atoms with Crippen LogP contribution in [0.15, 0.2) is 47.4 Å². The standard InChI is InChI=1S/C15H14INO3S/c1-10-3-4-11(9-14(10)16)15(18)17-12-5-7-13(8-6-12)21(2,19)20/h3-9H,1-2H3,(H,17,18). The fourth-order valence-electron chi connectivity index (χ4n) is 1.72. The van der Waals surface area contributed by atoms with E-state index in [4.69, 9.17) is 0 Å². The average Bonchev–Trinajstić information content (AvgIpc) is 2.41. The van der Waals surface area contributed by atoms with Crippen LogP contribution in [0.1, 0.15) is 15.9 Å². The van der Waals surface area contributed by atoms with E-state index in [1.807, 2.05) is 19.1 Å². The molecule has 0 atom stereocenters. The fourth-order valence-corrected chi connectivity index (χ4v) is 2.87. The van der Waals surface area contributed by atoms with Crippen LogP contribution < -0.4 is 5.32 Å². The van der Waals surface area contributed by atoms with Crippen molar-refractivity contribution in [3.8, 4) is 0 Å². The lowest BCUT2D eigenvalue weighted by molar-refractivity contribution is 0.102. The minimum absolute atomic E-state index is 0.222. The van der Waals surface area contributed by atoms with Gasteiger partial charge in [0.25, 0.3) is 5.91 Å². The number of sulfone groups is 1. The predicted octanol–water partition coefficient (Wildman–Crippen LogP) is 3.26. The van der Waals surface area contributed by atoms with Crippen molar-refractivity contribution in [3.05, 3.63) is 57.2 Å². The van der Waals surface area contributed by atoms with Crippen LogP contribution in [0.3, 0.4) is 0 Å². The minimum atomic E-state index is -3.22. The lowest BCUT2D eigenvalue weighted by Crippen LogP contribution is -2.12. The van der Waals surface area contributed by atoms with E-state index in [2.05, 4.69) is 27.9 Å². The van der Waals surface area contributed by atoms with Crippen molar-refractivity contribution >= 4 is 44.0 Å². The van der Waals surface area contributed by atoms with Crippen molar-refractivity contribution in [2.24, 2.45) is 0 Å². The third-order valence-corrected chi connectivity index (χ3v) is 5.27. The second-order valence-corrected chi connectivity index (χ2v) is 7.89. The number of benzene rings is 2. The van der Waals surface area contributed by atoms with Gasteiger partial charge in [-0.1, -0.05) is 6.07 Å². The molecule has 0 bridgehead atoms. The van der Waals surface area contributed by atoms with Gasteiger partial charge in [-0.25, -0.2) is 8.42 Å². The molecule has 2 aromatic rings. The zero-order chi connectivity index (χ0) is 15.6. The second kappa shape index (κ2) is 6.15. The van der Waals surface area contributed by atoms with Crippen LogP contribution in [-0.4, -0.2) is 20.6 Å². The first-order valence-electron chi connectivity index (χ1n) is 6.15. The van der Waals surface area contributed by atoms with E-state index < -0.39 is 9.84 Å². The van der Waals surface area contributed by atoms with E-state index in [0.29, 0.717) is 11.3 Å². The van der Waals surface area contributed by atoms with Crippen molar-refractivity contribution in [2.75, 3.05) is 11.6 Å². The van der Waals surface area contributed by atoms with Gasteiger partial charge in [-0.15, -0.1) is 0 Å². The molecule has 0 aliphatic carbocycles. The first kappa shape index (κ1) is 16.0. The van der Waals surface area contributed by atoms with E-state index in [9.17, 15) is 13.2 Å². The highest BCUT2D eigenvalue weighted by Gasteiger charge is 2.09. The van der Waals surface area contributed by atoms with E-state index in [1.165, 1.54) is 12.1 Å². The van der Waals surface area contributed by atoms with E-state index in [-0.39, 0.29) is 10.8 Å². The molecule has 1 N–H and O–H groups in total. The Balaban J connectivity index is 2.18. The van der Waals surface area contributed by atoms with Crippen molar-refractivity contribution < 1.29 is 13.2 Å². The molecule has 0 saturated heterocycles. The van der Waals surface area contributed by atoms with Crippen molar-refractivity contribution in [1.29, 1.82) is 0 Å². The third kappa shape index (κ3) is 4.04. The Kier molecular flexibility index (Phi) is 4.67. The van der Waals surface area contributed by atoms with Gasteiger partial charge in [0.15, 0.2) is 9.84 Å². The Morgan fingerprint density at radius 3 is 2.24 bits per heavy atom. The summed E-state index contributed by atoms with van der Waals surface area (Å²) in [5, 5.41) is 2.75. The summed E-state index contributed by atoms with van der Waals surface area (Å²) in [6, 6.07) is 11.6. The number of carbonyl (C=O) groups is 1. The van der Waals surface area contributed by atoms with Crippen LogP contribution in [0.2, 0.25) is 0 Å². The summed E-state index contributed by atoms with van der Waals surface area (Å²) in [6.45, 7) is 1.98. The lowest BCUT2D eigenvalue weighted by atomic mass is 10.1. The molecule has 0 fully saturated rings. The maximum Gasteiger partial charge on any atom is 0.255 e. The van der Waals surface area contributed by atoms with Gasteiger partial charge in [0, 0.05) is 21.1 Å². The zero-order valence-electron chi connectivity index (χ0n) is 11.6. The van der Waals surface area contributed by atoms with Crippen molar-refractivity contribution in [1.82, 2.24) is 0 Å². The van der Waals surface area contributed by atoms with Crippen LogP contribution in [0.4, 0.5) is 5.69 Å². The maximum atomic E-state index is 12.1. The highest BCUT2D eigenvalue weighted by atomic mass is 127. The monoisotopic (exact) mass is 415 g/mol. The topological polar surface area (TPSA) is 63.2 Å². The molecular formula is C15H14INO3S. The summed E-state index contributed by atoms with van der Waals surface area (Å²) in [5.74, 6) is -0.222. The van der Waals surface area contributed by atoms with E-state index in [0.717, 1.165) is 15.4 Å². The maximum absolute atomic E-state index is 12.1. The first-order valence-corrected chi connectivity index (χ1v) is 9.12. The third-order valence-electron chi connectivity index (χ3n) is 2.97. The highest BCUT2D eigenvalue weighted by molar-refractivity contribution is 14.1. The van der Waals surface area contributed by atoms with Crippen molar-refractivity contribution in [2.45, 2.75) is 11.8 Å². The van der Waals surface area contributed by atoms with Crippen LogP contribution in [-0.2, 0) is 9.84 Å². The summed E-state index contributed by atoms with van der Waals surface area (Å²) < 4.78 is 23.8. The van der Waals surface area contributed by atoms with Gasteiger partial charge < -0.3 is 5.32 Å². The highest BCUT2D eigenvalue weighted by Crippen LogP contribution is 2.17. The zero-order valence-corrected chi connectivity index (χ0v) is 14.5. The fraction of sp³-hybridized carbons (Fsp3) is 0.133. The van der Waals surface area contributed by atoms with E-state index in [1.54, 1.807) is 18.2 Å². The molecule has 6 heteroatoms. The van der Waals surface area contributed by atoms with Gasteiger partial charge in [0.05, 0.1) is 4.90 Å². The molecule has 0 aliphatic heterocycles. The molecule has 0 aromatic heterocycles. The van der Waals surface area contributed by atoms with Gasteiger partial charge in [0.2, 0.25) is 0 Å². The summed E-state index contributed by atoms with van der Waals surface area (Å²) in [6.07, 6.45) is 1.15. The molecule has 0 radical (unpaired) electrons. The number of amides is 1. The van der Waals surface area contributed by atoms with E-state index >= 15 is 0 Å². The van der Waals surface area contributed by atoms with Crippen molar-refractivity contribution in [3.63, 3.8) is 0 Å². The summed E-state index contributed by atoms with van der Waals surface area (Å²) in [7, 11) is -3.22. The molecular weight excluding hydrogens is 401 g/mol. The Hall–Kier alpha value is -1.41. The molecule has 0 aliphatic rings.